The number of carbonyl (C=O) groups excluding carboxylic acids is 1. The van der Waals surface area contributed by atoms with E-state index < -0.39 is 23.6 Å². The maximum atomic E-state index is 13.7. The van der Waals surface area contributed by atoms with Crippen LogP contribution in [0.4, 0.5) is 28.0 Å². The van der Waals surface area contributed by atoms with Crippen molar-refractivity contribution in [1.29, 1.82) is 0 Å². The number of hydrogen-bond donors (Lipinski definition) is 2. The van der Waals surface area contributed by atoms with Crippen LogP contribution in [0.2, 0.25) is 0 Å². The number of amides is 2. The number of anilines is 1. The average molecular weight is 366 g/mol. The van der Waals surface area contributed by atoms with E-state index in [-0.39, 0.29) is 12.2 Å². The molecular weight excluding hydrogens is 352 g/mol. The quantitative estimate of drug-likeness (QED) is 0.687. The molecule has 0 fully saturated rings. The van der Waals surface area contributed by atoms with E-state index in [0.29, 0.717) is 16.5 Å². The first kappa shape index (κ1) is 17.7. The molecule has 0 aliphatic heterocycles. The lowest BCUT2D eigenvalue weighted by Crippen LogP contribution is -2.28. The van der Waals surface area contributed by atoms with E-state index in [4.69, 9.17) is 0 Å². The van der Waals surface area contributed by atoms with Gasteiger partial charge in [0, 0.05) is 19.0 Å². The maximum Gasteiger partial charge on any atom is 0.416 e. The van der Waals surface area contributed by atoms with E-state index in [2.05, 4.69) is 15.7 Å². The van der Waals surface area contributed by atoms with Crippen molar-refractivity contribution in [1.82, 2.24) is 15.1 Å². The molecule has 0 saturated heterocycles. The van der Waals surface area contributed by atoms with Gasteiger partial charge < -0.3 is 10.6 Å². The van der Waals surface area contributed by atoms with Crippen LogP contribution in [-0.4, -0.2) is 15.8 Å². The summed E-state index contributed by atoms with van der Waals surface area (Å²) in [5.74, 6) is -0.529. The second kappa shape index (κ2) is 6.66. The number of carbonyl (C=O) groups is 1. The number of rotatable bonds is 3. The summed E-state index contributed by atoms with van der Waals surface area (Å²) in [5, 5.41) is 9.62. The van der Waals surface area contributed by atoms with Crippen LogP contribution in [0.3, 0.4) is 0 Å². The zero-order chi connectivity index (χ0) is 18.9. The van der Waals surface area contributed by atoms with Gasteiger partial charge in [-0.2, -0.15) is 18.3 Å². The molecule has 136 valence electrons. The molecule has 5 nitrogen and oxygen atoms in total. The monoisotopic (exact) mass is 366 g/mol. The minimum atomic E-state index is -4.41. The Hall–Kier alpha value is -3.10. The molecule has 2 N–H and O–H groups in total. The third-order valence-electron chi connectivity index (χ3n) is 3.81. The number of fused-ring (bicyclic) bond motifs is 1. The van der Waals surface area contributed by atoms with Crippen LogP contribution < -0.4 is 10.6 Å². The molecule has 3 aromatic rings. The van der Waals surface area contributed by atoms with Crippen molar-refractivity contribution in [2.45, 2.75) is 12.7 Å². The van der Waals surface area contributed by atoms with E-state index in [9.17, 15) is 22.4 Å². The minimum Gasteiger partial charge on any atom is -0.334 e. The smallest absolute Gasteiger partial charge is 0.334 e. The van der Waals surface area contributed by atoms with Crippen molar-refractivity contribution < 1.29 is 22.4 Å². The highest BCUT2D eigenvalue weighted by atomic mass is 19.4. The van der Waals surface area contributed by atoms with Crippen LogP contribution in [0.1, 0.15) is 11.1 Å². The summed E-state index contributed by atoms with van der Waals surface area (Å²) in [5.41, 5.74) is 0.504. The van der Waals surface area contributed by atoms with Crippen molar-refractivity contribution in [3.8, 4) is 0 Å². The normalized spacial score (nSPS) is 11.6. The molecular formula is C17H14F4N4O. The summed E-state index contributed by atoms with van der Waals surface area (Å²) < 4.78 is 52.7. The first-order valence-electron chi connectivity index (χ1n) is 7.56. The molecule has 9 heteroatoms. The molecule has 1 aromatic heterocycles. The summed E-state index contributed by atoms with van der Waals surface area (Å²) in [6.45, 7) is 0.0233. The topological polar surface area (TPSA) is 59.0 Å². The highest BCUT2D eigenvalue weighted by Crippen LogP contribution is 2.29. The Morgan fingerprint density at radius 1 is 1.19 bits per heavy atom. The Balaban J connectivity index is 1.66. The predicted octanol–water partition coefficient (Wildman–Crippen LogP) is 4.05. The third-order valence-corrected chi connectivity index (χ3v) is 3.81. The van der Waals surface area contributed by atoms with Crippen LogP contribution in [0, 0.1) is 5.82 Å². The second-order valence-corrected chi connectivity index (χ2v) is 5.66. The fourth-order valence-corrected chi connectivity index (χ4v) is 2.48. The van der Waals surface area contributed by atoms with Crippen LogP contribution in [0.25, 0.3) is 10.9 Å². The van der Waals surface area contributed by atoms with Gasteiger partial charge in [0.15, 0.2) is 0 Å². The van der Waals surface area contributed by atoms with Gasteiger partial charge in [0.05, 0.1) is 23.0 Å². The third kappa shape index (κ3) is 3.76. The number of hydrogen-bond acceptors (Lipinski definition) is 2. The summed E-state index contributed by atoms with van der Waals surface area (Å²) in [4.78, 5) is 12.0. The van der Waals surface area contributed by atoms with E-state index >= 15 is 0 Å². The van der Waals surface area contributed by atoms with Gasteiger partial charge in [-0.3, -0.25) is 4.68 Å². The molecule has 0 aliphatic carbocycles. The Morgan fingerprint density at radius 2 is 1.88 bits per heavy atom. The lowest BCUT2D eigenvalue weighted by atomic mass is 10.1. The fourth-order valence-electron chi connectivity index (χ4n) is 2.48. The van der Waals surface area contributed by atoms with Gasteiger partial charge in [-0.25, -0.2) is 9.18 Å². The SMILES string of the molecule is Cn1ncc2c(NC(=O)NCc3ccc(C(F)(F)F)cc3)cc(F)cc21. The average Bonchev–Trinajstić information content (AvgIpc) is 2.94. The Labute approximate surface area is 145 Å². The highest BCUT2D eigenvalue weighted by molar-refractivity contribution is 6.00. The largest absolute Gasteiger partial charge is 0.416 e. The first-order chi connectivity index (χ1) is 12.2. The van der Waals surface area contributed by atoms with Gasteiger partial charge in [-0.15, -0.1) is 0 Å². The molecule has 0 spiro atoms. The van der Waals surface area contributed by atoms with E-state index in [1.807, 2.05) is 0 Å². The molecule has 0 bridgehead atoms. The van der Waals surface area contributed by atoms with E-state index in [1.165, 1.54) is 35.1 Å². The number of nitrogens with one attached hydrogen (secondary N) is 2. The number of halogens is 4. The Kier molecular flexibility index (Phi) is 4.54. The van der Waals surface area contributed by atoms with Crippen LogP contribution in [0.5, 0.6) is 0 Å². The minimum absolute atomic E-state index is 0.0233. The lowest BCUT2D eigenvalue weighted by molar-refractivity contribution is -0.137. The first-order valence-corrected chi connectivity index (χ1v) is 7.56. The summed E-state index contributed by atoms with van der Waals surface area (Å²) in [7, 11) is 1.65. The Morgan fingerprint density at radius 3 is 2.54 bits per heavy atom. The zero-order valence-corrected chi connectivity index (χ0v) is 13.6. The summed E-state index contributed by atoms with van der Waals surface area (Å²) >= 11 is 0. The molecule has 2 amide bonds. The van der Waals surface area contributed by atoms with Crippen molar-refractivity contribution in [2.75, 3.05) is 5.32 Å². The second-order valence-electron chi connectivity index (χ2n) is 5.66. The summed E-state index contributed by atoms with van der Waals surface area (Å²) in [6.07, 6.45) is -2.91. The van der Waals surface area contributed by atoms with Crippen LogP contribution in [-0.2, 0) is 19.8 Å². The molecule has 2 aromatic carbocycles. The standard InChI is InChI=1S/C17H14F4N4O/c1-25-15-7-12(18)6-14(13(15)9-23-25)24-16(26)22-8-10-2-4-11(5-3-10)17(19,20)21/h2-7,9H,8H2,1H3,(H2,22,24,26). The number of aryl methyl sites for hydroxylation is 1. The van der Waals surface area contributed by atoms with Crippen LogP contribution in [0.15, 0.2) is 42.6 Å². The highest BCUT2D eigenvalue weighted by Gasteiger charge is 2.29. The van der Waals surface area contributed by atoms with Crippen molar-refractivity contribution in [3.05, 3.63) is 59.5 Å². The number of nitrogens with zero attached hydrogens (tertiary/aromatic N) is 2. The van der Waals surface area contributed by atoms with Gasteiger partial charge in [-0.1, -0.05) is 12.1 Å². The fraction of sp³-hybridized carbons (Fsp3) is 0.176. The molecule has 0 unspecified atom stereocenters. The number of benzene rings is 2. The molecule has 26 heavy (non-hydrogen) atoms. The molecule has 1 heterocycles. The molecule has 3 rings (SSSR count). The van der Waals surface area contributed by atoms with Crippen molar-refractivity contribution in [2.24, 2.45) is 7.05 Å². The van der Waals surface area contributed by atoms with Gasteiger partial charge >= 0.3 is 12.2 Å². The number of urea groups is 1. The Bertz CT molecular complexity index is 948. The van der Waals surface area contributed by atoms with Gasteiger partial charge in [0.2, 0.25) is 0 Å². The predicted molar refractivity (Wildman–Crippen MR) is 88.0 cm³/mol. The molecule has 0 atom stereocenters. The van der Waals surface area contributed by atoms with Crippen molar-refractivity contribution in [3.63, 3.8) is 0 Å². The number of alkyl halides is 3. The maximum absolute atomic E-state index is 13.7. The van der Waals surface area contributed by atoms with Crippen molar-refractivity contribution >= 4 is 22.6 Å². The van der Waals surface area contributed by atoms with Crippen LogP contribution >= 0.6 is 0 Å². The van der Waals surface area contributed by atoms with E-state index in [1.54, 1.807) is 7.05 Å². The van der Waals surface area contributed by atoms with Gasteiger partial charge in [-0.05, 0) is 29.8 Å². The van der Waals surface area contributed by atoms with Gasteiger partial charge in [0.25, 0.3) is 0 Å². The van der Waals surface area contributed by atoms with Gasteiger partial charge in [0.1, 0.15) is 5.82 Å². The van der Waals surface area contributed by atoms with E-state index in [0.717, 1.165) is 12.1 Å². The summed E-state index contributed by atoms with van der Waals surface area (Å²) in [6, 6.07) is 6.31. The lowest BCUT2D eigenvalue weighted by Gasteiger charge is -2.10. The zero-order valence-electron chi connectivity index (χ0n) is 13.6. The molecule has 0 radical (unpaired) electrons. The molecule has 0 aliphatic rings. The molecule has 0 saturated carbocycles. The number of aromatic nitrogens is 2.